The molecule has 1 aromatic rings. The molecule has 0 unspecified atom stereocenters. The van der Waals surface area contributed by atoms with Crippen molar-refractivity contribution in [2.45, 2.75) is 38.3 Å². The molecule has 1 saturated carbocycles. The first kappa shape index (κ1) is 15.8. The molecule has 2 heterocycles. The lowest BCUT2D eigenvalue weighted by atomic mass is 9.97. The number of carbonyl (C=O) groups excluding carboxylic acids is 1. The lowest BCUT2D eigenvalue weighted by Gasteiger charge is -2.46. The van der Waals surface area contributed by atoms with Crippen LogP contribution in [0.2, 0.25) is 0 Å². The molecule has 2 amide bonds. The number of benzene rings is 1. The monoisotopic (exact) mass is 329 g/mol. The van der Waals surface area contributed by atoms with Gasteiger partial charge in [-0.15, -0.1) is 0 Å². The molecule has 3 fully saturated rings. The largest absolute Gasteiger partial charge is 0.508 e. The maximum absolute atomic E-state index is 13.1. The predicted octanol–water partition coefficient (Wildman–Crippen LogP) is 2.50. The van der Waals surface area contributed by atoms with Crippen molar-refractivity contribution >= 4 is 6.03 Å². The molecular formula is C19H27N3O2. The van der Waals surface area contributed by atoms with E-state index in [-0.39, 0.29) is 11.8 Å². The number of hydrogen-bond acceptors (Lipinski definition) is 3. The topological polar surface area (TPSA) is 47.0 Å². The second-order valence-electron chi connectivity index (χ2n) is 7.97. The summed E-state index contributed by atoms with van der Waals surface area (Å²) in [5, 5.41) is 9.45. The summed E-state index contributed by atoms with van der Waals surface area (Å²) in [5.41, 5.74) is 1.43. The molecule has 2 aliphatic heterocycles. The van der Waals surface area contributed by atoms with Crippen LogP contribution in [0.3, 0.4) is 0 Å². The SMILES string of the molecule is CN1CCC(N2CC3(CC3)CN(Cc3ccc(O)cc3)C2=O)CC1. The number of amides is 2. The third-order valence-corrected chi connectivity index (χ3v) is 5.94. The number of urea groups is 1. The second kappa shape index (κ2) is 5.96. The van der Waals surface area contributed by atoms with Crippen molar-refractivity contribution in [2.75, 3.05) is 33.2 Å². The van der Waals surface area contributed by atoms with Crippen LogP contribution < -0.4 is 0 Å². The van der Waals surface area contributed by atoms with Crippen molar-refractivity contribution in [3.63, 3.8) is 0 Å². The molecule has 3 aliphatic rings. The Bertz CT molecular complexity index is 604. The molecule has 1 aliphatic carbocycles. The van der Waals surface area contributed by atoms with Crippen LogP contribution >= 0.6 is 0 Å². The quantitative estimate of drug-likeness (QED) is 0.927. The van der Waals surface area contributed by atoms with Gasteiger partial charge in [0, 0.05) is 31.1 Å². The minimum absolute atomic E-state index is 0.204. The van der Waals surface area contributed by atoms with Crippen molar-refractivity contribution in [1.82, 2.24) is 14.7 Å². The lowest BCUT2D eigenvalue weighted by Crippen LogP contribution is -2.58. The van der Waals surface area contributed by atoms with Gasteiger partial charge < -0.3 is 19.8 Å². The van der Waals surface area contributed by atoms with Crippen molar-refractivity contribution < 1.29 is 9.90 Å². The Balaban J connectivity index is 1.49. The minimum atomic E-state index is 0.204. The smallest absolute Gasteiger partial charge is 0.320 e. The Morgan fingerprint density at radius 3 is 2.42 bits per heavy atom. The third kappa shape index (κ3) is 3.09. The van der Waals surface area contributed by atoms with E-state index in [1.807, 2.05) is 17.0 Å². The molecule has 1 aromatic carbocycles. The van der Waals surface area contributed by atoms with Gasteiger partial charge in [-0.25, -0.2) is 4.79 Å². The van der Waals surface area contributed by atoms with Crippen LogP contribution in [0.1, 0.15) is 31.2 Å². The number of piperidine rings is 1. The Hall–Kier alpha value is -1.75. The second-order valence-corrected chi connectivity index (χ2v) is 7.97. The van der Waals surface area contributed by atoms with E-state index < -0.39 is 0 Å². The van der Waals surface area contributed by atoms with Gasteiger partial charge in [-0.1, -0.05) is 12.1 Å². The number of carbonyl (C=O) groups is 1. The summed E-state index contributed by atoms with van der Waals surface area (Å²) in [7, 11) is 2.16. The highest BCUT2D eigenvalue weighted by molar-refractivity contribution is 5.76. The zero-order valence-electron chi connectivity index (χ0n) is 14.4. The van der Waals surface area contributed by atoms with Crippen LogP contribution in [0, 0.1) is 5.41 Å². The summed E-state index contributed by atoms with van der Waals surface area (Å²) in [6, 6.07) is 7.83. The van der Waals surface area contributed by atoms with Crippen LogP contribution in [-0.4, -0.2) is 65.1 Å². The van der Waals surface area contributed by atoms with E-state index >= 15 is 0 Å². The summed E-state index contributed by atoms with van der Waals surface area (Å²) < 4.78 is 0. The molecule has 2 saturated heterocycles. The van der Waals surface area contributed by atoms with Crippen molar-refractivity contribution in [3.05, 3.63) is 29.8 Å². The van der Waals surface area contributed by atoms with Gasteiger partial charge >= 0.3 is 6.03 Å². The highest BCUT2D eigenvalue weighted by atomic mass is 16.3. The van der Waals surface area contributed by atoms with Gasteiger partial charge in [0.1, 0.15) is 5.75 Å². The maximum atomic E-state index is 13.1. The average Bonchev–Trinajstić information content (AvgIpc) is 3.33. The molecule has 0 bridgehead atoms. The van der Waals surface area contributed by atoms with Gasteiger partial charge in [-0.05, 0) is 63.5 Å². The van der Waals surface area contributed by atoms with Crippen LogP contribution in [0.15, 0.2) is 24.3 Å². The van der Waals surface area contributed by atoms with E-state index in [2.05, 4.69) is 16.8 Å². The molecule has 1 spiro atoms. The standard InChI is InChI=1S/C19H27N3O2/c1-20-10-6-16(7-11-20)22-14-19(8-9-19)13-21(18(22)24)12-15-2-4-17(23)5-3-15/h2-5,16,23H,6-14H2,1H3. The van der Waals surface area contributed by atoms with Crippen LogP contribution in [0.5, 0.6) is 5.75 Å². The van der Waals surface area contributed by atoms with E-state index in [0.717, 1.165) is 44.6 Å². The summed E-state index contributed by atoms with van der Waals surface area (Å²) in [6.07, 6.45) is 4.67. The molecule has 0 aromatic heterocycles. The number of phenols is 1. The fourth-order valence-electron chi connectivity index (χ4n) is 4.16. The highest BCUT2D eigenvalue weighted by Crippen LogP contribution is 2.50. The fourth-order valence-corrected chi connectivity index (χ4v) is 4.16. The van der Waals surface area contributed by atoms with Gasteiger partial charge in [0.15, 0.2) is 0 Å². The summed E-state index contributed by atoms with van der Waals surface area (Å²) in [4.78, 5) is 19.6. The van der Waals surface area contributed by atoms with Crippen molar-refractivity contribution in [2.24, 2.45) is 5.41 Å². The first-order chi connectivity index (χ1) is 11.5. The van der Waals surface area contributed by atoms with Gasteiger partial charge in [-0.3, -0.25) is 0 Å². The lowest BCUT2D eigenvalue weighted by molar-refractivity contribution is 0.0521. The molecule has 5 heteroatoms. The third-order valence-electron chi connectivity index (χ3n) is 5.94. The van der Waals surface area contributed by atoms with Crippen molar-refractivity contribution in [1.29, 1.82) is 0 Å². The molecule has 1 N–H and O–H groups in total. The van der Waals surface area contributed by atoms with Crippen LogP contribution in [0.4, 0.5) is 4.79 Å². The number of phenolic OH excluding ortho intramolecular Hbond substituents is 1. The maximum Gasteiger partial charge on any atom is 0.320 e. The highest BCUT2D eigenvalue weighted by Gasteiger charge is 2.51. The van der Waals surface area contributed by atoms with Gasteiger partial charge in [0.05, 0.1) is 0 Å². The molecule has 4 rings (SSSR count). The minimum Gasteiger partial charge on any atom is -0.508 e. The molecule has 5 nitrogen and oxygen atoms in total. The fraction of sp³-hybridized carbons (Fsp3) is 0.632. The first-order valence-corrected chi connectivity index (χ1v) is 9.07. The number of nitrogens with zero attached hydrogens (tertiary/aromatic N) is 3. The Labute approximate surface area is 143 Å². The summed E-state index contributed by atoms with van der Waals surface area (Å²) in [6.45, 7) is 4.64. The molecular weight excluding hydrogens is 302 g/mol. The van der Waals surface area contributed by atoms with E-state index in [9.17, 15) is 9.90 Å². The summed E-state index contributed by atoms with van der Waals surface area (Å²) in [5.74, 6) is 0.273. The van der Waals surface area contributed by atoms with E-state index in [1.54, 1.807) is 12.1 Å². The summed E-state index contributed by atoms with van der Waals surface area (Å²) >= 11 is 0. The van der Waals surface area contributed by atoms with Crippen LogP contribution in [0.25, 0.3) is 0 Å². The predicted molar refractivity (Wildman–Crippen MR) is 92.8 cm³/mol. The average molecular weight is 329 g/mol. The Kier molecular flexibility index (Phi) is 3.91. The zero-order chi connectivity index (χ0) is 16.7. The van der Waals surface area contributed by atoms with Crippen LogP contribution in [-0.2, 0) is 6.54 Å². The van der Waals surface area contributed by atoms with E-state index in [1.165, 1.54) is 12.8 Å². The van der Waals surface area contributed by atoms with E-state index in [0.29, 0.717) is 18.0 Å². The van der Waals surface area contributed by atoms with Gasteiger partial charge in [0.25, 0.3) is 0 Å². The Morgan fingerprint density at radius 1 is 1.12 bits per heavy atom. The van der Waals surface area contributed by atoms with E-state index in [4.69, 9.17) is 0 Å². The molecule has 24 heavy (non-hydrogen) atoms. The normalized spacial score (nSPS) is 24.6. The Morgan fingerprint density at radius 2 is 1.79 bits per heavy atom. The molecule has 130 valence electrons. The van der Waals surface area contributed by atoms with Gasteiger partial charge in [-0.2, -0.15) is 0 Å². The number of likely N-dealkylation sites (tertiary alicyclic amines) is 1. The number of rotatable bonds is 3. The number of hydrogen-bond donors (Lipinski definition) is 1. The first-order valence-electron chi connectivity index (χ1n) is 9.07. The molecule has 0 atom stereocenters. The van der Waals surface area contributed by atoms with Crippen molar-refractivity contribution in [3.8, 4) is 5.75 Å². The number of aromatic hydroxyl groups is 1. The molecule has 0 radical (unpaired) electrons. The van der Waals surface area contributed by atoms with Gasteiger partial charge in [0.2, 0.25) is 0 Å². The zero-order valence-corrected chi connectivity index (χ0v) is 14.4.